The van der Waals surface area contributed by atoms with Crippen LogP contribution >= 0.6 is 0 Å². The van der Waals surface area contributed by atoms with Crippen LogP contribution in [0.5, 0.6) is 0 Å². The van der Waals surface area contributed by atoms with Crippen LogP contribution in [0, 0.1) is 13.8 Å². The van der Waals surface area contributed by atoms with E-state index >= 15 is 0 Å². The van der Waals surface area contributed by atoms with Crippen molar-refractivity contribution in [3.05, 3.63) is 64.2 Å². The summed E-state index contributed by atoms with van der Waals surface area (Å²) in [7, 11) is 0. The van der Waals surface area contributed by atoms with Gasteiger partial charge < -0.3 is 5.11 Å². The first-order valence-corrected chi connectivity index (χ1v) is 7.90. The van der Waals surface area contributed by atoms with Gasteiger partial charge in [0.25, 0.3) is 0 Å². The minimum absolute atomic E-state index is 0.0309. The van der Waals surface area contributed by atoms with E-state index in [4.69, 9.17) is 0 Å². The molecule has 0 aliphatic heterocycles. The fraction of sp³-hybridized carbons (Fsp3) is 0.286. The molecule has 1 aliphatic rings. The van der Waals surface area contributed by atoms with Gasteiger partial charge in [-0.3, -0.25) is 0 Å². The lowest BCUT2D eigenvalue weighted by atomic mass is 9.85. The lowest BCUT2D eigenvalue weighted by Crippen LogP contribution is -2.11. The van der Waals surface area contributed by atoms with Crippen LogP contribution in [0.1, 0.15) is 48.6 Å². The van der Waals surface area contributed by atoms with Crippen molar-refractivity contribution in [2.75, 3.05) is 0 Å². The number of rotatable bonds is 1. The van der Waals surface area contributed by atoms with Gasteiger partial charge in [0.15, 0.2) is 0 Å². The summed E-state index contributed by atoms with van der Waals surface area (Å²) >= 11 is 0. The van der Waals surface area contributed by atoms with Crippen molar-refractivity contribution >= 4 is 11.5 Å². The minimum Gasteiger partial charge on any atom is -0.478 e. The summed E-state index contributed by atoms with van der Waals surface area (Å²) in [5.74, 6) is -0.903. The Bertz CT molecular complexity index is 849. The largest absolute Gasteiger partial charge is 0.478 e. The van der Waals surface area contributed by atoms with Crippen LogP contribution in [0.2, 0.25) is 0 Å². The van der Waals surface area contributed by atoms with Crippen LogP contribution in [0.4, 0.5) is 0 Å². The Kier molecular flexibility index (Phi) is 3.44. The number of fused-ring (bicyclic) bond motifs is 3. The average molecular weight is 306 g/mol. The molecule has 0 amide bonds. The number of hydrogen-bond acceptors (Lipinski definition) is 1. The van der Waals surface area contributed by atoms with E-state index < -0.39 is 5.97 Å². The van der Waals surface area contributed by atoms with E-state index in [-0.39, 0.29) is 5.41 Å². The molecule has 0 saturated heterocycles. The average Bonchev–Trinajstić information content (AvgIpc) is 2.71. The zero-order chi connectivity index (χ0) is 16.9. The van der Waals surface area contributed by atoms with Gasteiger partial charge in [-0.25, -0.2) is 4.79 Å². The van der Waals surface area contributed by atoms with Crippen LogP contribution in [0.15, 0.2) is 36.4 Å². The molecule has 0 heterocycles. The third kappa shape index (κ3) is 2.59. The number of carboxylic acid groups (broad SMARTS) is 1. The Morgan fingerprint density at radius 2 is 1.70 bits per heavy atom. The normalized spacial score (nSPS) is 14.7. The van der Waals surface area contributed by atoms with Gasteiger partial charge >= 0.3 is 5.97 Å². The van der Waals surface area contributed by atoms with Crippen molar-refractivity contribution in [2.24, 2.45) is 0 Å². The van der Waals surface area contributed by atoms with Crippen LogP contribution in [0.3, 0.4) is 0 Å². The summed E-state index contributed by atoms with van der Waals surface area (Å²) in [6.45, 7) is 10.7. The second-order valence-corrected chi connectivity index (χ2v) is 7.41. The maximum atomic E-state index is 11.4. The monoisotopic (exact) mass is 306 g/mol. The summed E-state index contributed by atoms with van der Waals surface area (Å²) in [5, 5.41) is 9.32. The molecule has 2 aromatic carbocycles. The van der Waals surface area contributed by atoms with Gasteiger partial charge in [-0.15, -0.1) is 0 Å². The molecule has 0 bridgehead atoms. The van der Waals surface area contributed by atoms with Crippen LogP contribution in [0.25, 0.3) is 16.7 Å². The molecule has 0 unspecified atom stereocenters. The summed E-state index contributed by atoms with van der Waals surface area (Å²) < 4.78 is 0. The van der Waals surface area contributed by atoms with Crippen LogP contribution in [-0.2, 0) is 10.2 Å². The van der Waals surface area contributed by atoms with E-state index in [0.717, 1.165) is 33.4 Å². The highest BCUT2D eigenvalue weighted by Gasteiger charge is 2.27. The first-order valence-electron chi connectivity index (χ1n) is 7.90. The second-order valence-electron chi connectivity index (χ2n) is 7.41. The van der Waals surface area contributed by atoms with Crippen molar-refractivity contribution in [2.45, 2.75) is 40.0 Å². The highest BCUT2D eigenvalue weighted by Crippen LogP contribution is 2.47. The molecule has 3 rings (SSSR count). The number of benzene rings is 2. The number of aliphatic carboxylic acids is 1. The third-order valence-electron chi connectivity index (χ3n) is 4.48. The van der Waals surface area contributed by atoms with E-state index in [2.05, 4.69) is 65.0 Å². The molecule has 2 nitrogen and oxygen atoms in total. The maximum Gasteiger partial charge on any atom is 0.328 e. The molecular weight excluding hydrogens is 284 g/mol. The third-order valence-corrected chi connectivity index (χ3v) is 4.48. The zero-order valence-corrected chi connectivity index (χ0v) is 14.3. The first kappa shape index (κ1) is 15.5. The van der Waals surface area contributed by atoms with Crippen LogP contribution in [-0.4, -0.2) is 11.1 Å². The predicted octanol–water partition coefficient (Wildman–Crippen LogP) is 5.10. The number of carboxylic acids is 1. The lowest BCUT2D eigenvalue weighted by Gasteiger charge is -2.20. The van der Waals surface area contributed by atoms with E-state index in [9.17, 15) is 9.90 Å². The SMILES string of the molecule is Cc1cc(C)c2c(c1)-c1ccc(C(C)(C)C)cc1/C2=C/C(=O)O. The molecule has 0 aromatic heterocycles. The summed E-state index contributed by atoms with van der Waals surface area (Å²) in [4.78, 5) is 11.4. The Morgan fingerprint density at radius 3 is 2.30 bits per heavy atom. The molecule has 0 atom stereocenters. The Hall–Kier alpha value is -2.35. The fourth-order valence-electron chi connectivity index (χ4n) is 3.41. The van der Waals surface area contributed by atoms with E-state index in [1.165, 1.54) is 17.2 Å². The fourth-order valence-corrected chi connectivity index (χ4v) is 3.41. The summed E-state index contributed by atoms with van der Waals surface area (Å²) in [5.41, 5.74) is 8.76. The van der Waals surface area contributed by atoms with Crippen molar-refractivity contribution < 1.29 is 9.90 Å². The van der Waals surface area contributed by atoms with Crippen molar-refractivity contribution in [3.8, 4) is 11.1 Å². The summed E-state index contributed by atoms with van der Waals surface area (Å²) in [6.07, 6.45) is 1.35. The number of carbonyl (C=O) groups is 1. The van der Waals surface area contributed by atoms with E-state index in [0.29, 0.717) is 0 Å². The highest BCUT2D eigenvalue weighted by atomic mass is 16.4. The second kappa shape index (κ2) is 5.09. The standard InChI is InChI=1S/C21H22O2/c1-12-8-13(2)20-17(9-12)15-7-6-14(21(3,4)5)10-16(15)18(20)11-19(22)23/h6-11H,1-5H3,(H,22,23)/b18-11-. The topological polar surface area (TPSA) is 37.3 Å². The lowest BCUT2D eigenvalue weighted by molar-refractivity contribution is -0.131. The molecule has 1 aliphatic carbocycles. The van der Waals surface area contributed by atoms with Gasteiger partial charge in [-0.2, -0.15) is 0 Å². The van der Waals surface area contributed by atoms with Gasteiger partial charge in [-0.05, 0) is 64.3 Å². The maximum absolute atomic E-state index is 11.4. The number of hydrogen-bond donors (Lipinski definition) is 1. The van der Waals surface area contributed by atoms with Crippen LogP contribution < -0.4 is 0 Å². The Labute approximate surface area is 137 Å². The summed E-state index contributed by atoms with van der Waals surface area (Å²) in [6, 6.07) is 10.7. The van der Waals surface area contributed by atoms with Gasteiger partial charge in [0.2, 0.25) is 0 Å². The Morgan fingerprint density at radius 1 is 1.00 bits per heavy atom. The van der Waals surface area contributed by atoms with Gasteiger partial charge in [-0.1, -0.05) is 50.6 Å². The van der Waals surface area contributed by atoms with Gasteiger partial charge in [0.05, 0.1) is 0 Å². The van der Waals surface area contributed by atoms with Gasteiger partial charge in [0, 0.05) is 6.08 Å². The number of aryl methyl sites for hydroxylation is 2. The Balaban J connectivity index is 2.35. The van der Waals surface area contributed by atoms with Crippen molar-refractivity contribution in [3.63, 3.8) is 0 Å². The molecule has 0 fully saturated rings. The quantitative estimate of drug-likeness (QED) is 0.635. The van der Waals surface area contributed by atoms with Crippen molar-refractivity contribution in [1.82, 2.24) is 0 Å². The molecule has 118 valence electrons. The van der Waals surface area contributed by atoms with E-state index in [1.807, 2.05) is 0 Å². The zero-order valence-electron chi connectivity index (χ0n) is 14.3. The molecule has 2 aromatic rings. The molecule has 1 N–H and O–H groups in total. The first-order chi connectivity index (χ1) is 10.7. The molecular formula is C21H22O2. The molecule has 0 spiro atoms. The van der Waals surface area contributed by atoms with Gasteiger partial charge in [0.1, 0.15) is 0 Å². The molecule has 2 heteroatoms. The molecule has 0 radical (unpaired) electrons. The minimum atomic E-state index is -0.903. The highest BCUT2D eigenvalue weighted by molar-refractivity contribution is 6.07. The smallest absolute Gasteiger partial charge is 0.328 e. The van der Waals surface area contributed by atoms with E-state index in [1.54, 1.807) is 0 Å². The molecule has 23 heavy (non-hydrogen) atoms. The predicted molar refractivity (Wildman–Crippen MR) is 94.8 cm³/mol. The molecule has 0 saturated carbocycles. The van der Waals surface area contributed by atoms with Crippen molar-refractivity contribution in [1.29, 1.82) is 0 Å².